The van der Waals surface area contributed by atoms with Crippen molar-refractivity contribution in [1.29, 1.82) is 0 Å². The van der Waals surface area contributed by atoms with Crippen LogP contribution in [0.4, 0.5) is 5.13 Å². The zero-order chi connectivity index (χ0) is 13.1. The second kappa shape index (κ2) is 6.23. The molecule has 0 amide bonds. The van der Waals surface area contributed by atoms with Crippen molar-refractivity contribution in [2.24, 2.45) is 5.92 Å². The molecule has 3 rings (SSSR count). The summed E-state index contributed by atoms with van der Waals surface area (Å²) in [5.41, 5.74) is 0. The molecule has 2 fully saturated rings. The number of nitrogens with one attached hydrogen (secondary N) is 1. The predicted molar refractivity (Wildman–Crippen MR) is 81.8 cm³/mol. The molecule has 1 aromatic heterocycles. The zero-order valence-electron chi connectivity index (χ0n) is 11.9. The van der Waals surface area contributed by atoms with Crippen LogP contribution >= 0.6 is 11.3 Å². The molecule has 2 heterocycles. The molecule has 19 heavy (non-hydrogen) atoms. The maximum atomic E-state index is 4.68. The van der Waals surface area contributed by atoms with Crippen LogP contribution < -0.4 is 10.2 Å². The Morgan fingerprint density at radius 3 is 2.95 bits per heavy atom. The minimum absolute atomic E-state index is 0.778. The van der Waals surface area contributed by atoms with Gasteiger partial charge >= 0.3 is 0 Å². The summed E-state index contributed by atoms with van der Waals surface area (Å²) in [6.45, 7) is 5.37. The van der Waals surface area contributed by atoms with Crippen LogP contribution in [0.3, 0.4) is 0 Å². The molecule has 1 saturated heterocycles. The summed E-state index contributed by atoms with van der Waals surface area (Å²) < 4.78 is 0. The SMILES string of the molecule is CCNCc1cnc(N2CCCC2C2CCCC2)s1. The van der Waals surface area contributed by atoms with Gasteiger partial charge in [-0.3, -0.25) is 0 Å². The Bertz CT molecular complexity index is 398. The van der Waals surface area contributed by atoms with Crippen LogP contribution in [-0.2, 0) is 6.54 Å². The molecule has 3 nitrogen and oxygen atoms in total. The Hall–Kier alpha value is -0.610. The van der Waals surface area contributed by atoms with Crippen molar-refractivity contribution >= 4 is 16.5 Å². The Morgan fingerprint density at radius 2 is 2.16 bits per heavy atom. The molecule has 106 valence electrons. The standard InChI is InChI=1S/C15H25N3S/c1-2-16-10-13-11-17-15(19-13)18-9-5-8-14(18)12-6-3-4-7-12/h11-12,14,16H,2-10H2,1H3. The van der Waals surface area contributed by atoms with Crippen LogP contribution in [0.2, 0.25) is 0 Å². The lowest BCUT2D eigenvalue weighted by Crippen LogP contribution is -2.34. The summed E-state index contributed by atoms with van der Waals surface area (Å²) in [6.07, 6.45) is 10.6. The molecule has 1 saturated carbocycles. The van der Waals surface area contributed by atoms with E-state index in [4.69, 9.17) is 0 Å². The van der Waals surface area contributed by atoms with Crippen LogP contribution in [-0.4, -0.2) is 24.1 Å². The number of rotatable bonds is 5. The van der Waals surface area contributed by atoms with Gasteiger partial charge in [0.2, 0.25) is 0 Å². The Morgan fingerprint density at radius 1 is 1.32 bits per heavy atom. The third-order valence-corrected chi connectivity index (χ3v) is 5.61. The Kier molecular flexibility index (Phi) is 4.38. The molecule has 1 aromatic rings. The number of hydrogen-bond donors (Lipinski definition) is 1. The maximum Gasteiger partial charge on any atom is 0.185 e. The Balaban J connectivity index is 1.67. The second-order valence-corrected chi connectivity index (χ2v) is 6.93. The summed E-state index contributed by atoms with van der Waals surface area (Å²) in [6, 6.07) is 0.778. The van der Waals surface area contributed by atoms with Gasteiger partial charge in [-0.25, -0.2) is 4.98 Å². The van der Waals surface area contributed by atoms with E-state index in [1.54, 1.807) is 0 Å². The molecule has 0 aromatic carbocycles. The average molecular weight is 279 g/mol. The van der Waals surface area contributed by atoms with Gasteiger partial charge in [0, 0.05) is 30.2 Å². The summed E-state index contributed by atoms with van der Waals surface area (Å²) in [4.78, 5) is 8.65. The fraction of sp³-hybridized carbons (Fsp3) is 0.800. The lowest BCUT2D eigenvalue weighted by atomic mass is 9.96. The molecule has 0 bridgehead atoms. The van der Waals surface area contributed by atoms with Gasteiger partial charge in [-0.05, 0) is 38.1 Å². The van der Waals surface area contributed by atoms with E-state index in [0.717, 1.165) is 25.0 Å². The highest BCUT2D eigenvalue weighted by Gasteiger charge is 2.34. The van der Waals surface area contributed by atoms with E-state index >= 15 is 0 Å². The first kappa shape index (κ1) is 13.4. The monoisotopic (exact) mass is 279 g/mol. The van der Waals surface area contributed by atoms with E-state index in [9.17, 15) is 0 Å². The van der Waals surface area contributed by atoms with Gasteiger partial charge in [0.05, 0.1) is 0 Å². The average Bonchev–Trinajstić information content (AvgIpc) is 3.14. The van der Waals surface area contributed by atoms with E-state index in [0.29, 0.717) is 0 Å². The van der Waals surface area contributed by atoms with Crippen molar-refractivity contribution in [2.75, 3.05) is 18.0 Å². The third kappa shape index (κ3) is 2.95. The zero-order valence-corrected chi connectivity index (χ0v) is 12.7. The quantitative estimate of drug-likeness (QED) is 0.895. The summed E-state index contributed by atoms with van der Waals surface area (Å²) >= 11 is 1.88. The molecule has 0 spiro atoms. The van der Waals surface area contributed by atoms with Gasteiger partial charge in [-0.2, -0.15) is 0 Å². The molecular weight excluding hydrogens is 254 g/mol. The topological polar surface area (TPSA) is 28.2 Å². The first-order valence-electron chi connectivity index (χ1n) is 7.80. The van der Waals surface area contributed by atoms with Crippen LogP contribution in [0.25, 0.3) is 0 Å². The van der Waals surface area contributed by atoms with Gasteiger partial charge in [0.15, 0.2) is 5.13 Å². The first-order valence-corrected chi connectivity index (χ1v) is 8.62. The molecule has 1 aliphatic heterocycles. The number of aromatic nitrogens is 1. The molecule has 0 radical (unpaired) electrons. The van der Waals surface area contributed by atoms with Gasteiger partial charge in [-0.15, -0.1) is 11.3 Å². The molecule has 2 aliphatic rings. The van der Waals surface area contributed by atoms with Gasteiger partial charge in [0.1, 0.15) is 0 Å². The number of nitrogens with zero attached hydrogens (tertiary/aromatic N) is 2. The van der Waals surface area contributed by atoms with E-state index in [2.05, 4.69) is 28.3 Å². The third-order valence-electron chi connectivity index (χ3n) is 4.58. The predicted octanol–water partition coefficient (Wildman–Crippen LogP) is 3.41. The van der Waals surface area contributed by atoms with E-state index in [1.165, 1.54) is 55.1 Å². The minimum atomic E-state index is 0.778. The highest BCUT2D eigenvalue weighted by molar-refractivity contribution is 7.15. The van der Waals surface area contributed by atoms with Crippen molar-refractivity contribution in [2.45, 2.75) is 58.0 Å². The van der Waals surface area contributed by atoms with Crippen molar-refractivity contribution in [3.63, 3.8) is 0 Å². The lowest BCUT2D eigenvalue weighted by molar-refractivity contribution is 0.430. The second-order valence-electron chi connectivity index (χ2n) is 5.84. The molecule has 1 atom stereocenters. The molecular formula is C15H25N3S. The van der Waals surface area contributed by atoms with E-state index < -0.39 is 0 Å². The summed E-state index contributed by atoms with van der Waals surface area (Å²) in [5.74, 6) is 0.934. The largest absolute Gasteiger partial charge is 0.345 e. The van der Waals surface area contributed by atoms with Crippen molar-refractivity contribution in [3.8, 4) is 0 Å². The normalized spacial score (nSPS) is 24.5. The number of anilines is 1. The molecule has 4 heteroatoms. The van der Waals surface area contributed by atoms with E-state index in [1.807, 2.05) is 11.3 Å². The molecule has 1 N–H and O–H groups in total. The van der Waals surface area contributed by atoms with Crippen molar-refractivity contribution in [1.82, 2.24) is 10.3 Å². The van der Waals surface area contributed by atoms with Gasteiger partial charge in [0.25, 0.3) is 0 Å². The fourth-order valence-corrected chi connectivity index (χ4v) is 4.59. The van der Waals surface area contributed by atoms with Crippen LogP contribution in [0, 0.1) is 5.92 Å². The van der Waals surface area contributed by atoms with E-state index in [-0.39, 0.29) is 0 Å². The summed E-state index contributed by atoms with van der Waals surface area (Å²) in [5, 5.41) is 4.65. The molecule has 1 aliphatic carbocycles. The smallest absolute Gasteiger partial charge is 0.185 e. The molecule has 1 unspecified atom stereocenters. The van der Waals surface area contributed by atoms with Crippen LogP contribution in [0.1, 0.15) is 50.3 Å². The minimum Gasteiger partial charge on any atom is -0.345 e. The lowest BCUT2D eigenvalue weighted by Gasteiger charge is -2.29. The maximum absolute atomic E-state index is 4.68. The van der Waals surface area contributed by atoms with Crippen LogP contribution in [0.5, 0.6) is 0 Å². The fourth-order valence-electron chi connectivity index (χ4n) is 3.62. The van der Waals surface area contributed by atoms with Crippen molar-refractivity contribution < 1.29 is 0 Å². The van der Waals surface area contributed by atoms with Gasteiger partial charge < -0.3 is 10.2 Å². The number of thiazole rings is 1. The highest BCUT2D eigenvalue weighted by Crippen LogP contribution is 2.38. The van der Waals surface area contributed by atoms with Crippen molar-refractivity contribution in [3.05, 3.63) is 11.1 Å². The summed E-state index contributed by atoms with van der Waals surface area (Å²) in [7, 11) is 0. The van der Waals surface area contributed by atoms with Crippen LogP contribution in [0.15, 0.2) is 6.20 Å². The number of hydrogen-bond acceptors (Lipinski definition) is 4. The van der Waals surface area contributed by atoms with Gasteiger partial charge in [-0.1, -0.05) is 19.8 Å². The highest BCUT2D eigenvalue weighted by atomic mass is 32.1. The Labute approximate surface area is 120 Å². The first-order chi connectivity index (χ1) is 9.38.